The minimum absolute atomic E-state index is 0.0892. The molecule has 0 amide bonds. The third kappa shape index (κ3) is 3.07. The molecule has 5 aromatic rings. The molecule has 31 heavy (non-hydrogen) atoms. The Morgan fingerprint density at radius 3 is 2.58 bits per heavy atom. The number of anilines is 1. The molecule has 158 valence electrons. The van der Waals surface area contributed by atoms with E-state index in [1.54, 1.807) is 36.1 Å². The Labute approximate surface area is 177 Å². The molecule has 0 fully saturated rings. The minimum Gasteiger partial charge on any atom is -0.350 e. The molecular formula is C21H19FN6O2S. The minimum atomic E-state index is -3.91. The first-order chi connectivity index (χ1) is 14.7. The largest absolute Gasteiger partial charge is 0.350 e. The summed E-state index contributed by atoms with van der Waals surface area (Å²) in [5.41, 5.74) is 2.96. The van der Waals surface area contributed by atoms with E-state index in [1.165, 1.54) is 23.0 Å². The zero-order chi connectivity index (χ0) is 21.9. The van der Waals surface area contributed by atoms with Crippen molar-refractivity contribution in [3.8, 4) is 11.1 Å². The number of aryl methyl sites for hydroxylation is 3. The maximum Gasteiger partial charge on any atom is 0.281 e. The van der Waals surface area contributed by atoms with Gasteiger partial charge in [0.1, 0.15) is 11.5 Å². The highest BCUT2D eigenvalue weighted by Gasteiger charge is 2.22. The molecular weight excluding hydrogens is 419 g/mol. The normalized spacial score (nSPS) is 12.1. The van der Waals surface area contributed by atoms with Gasteiger partial charge in [0.05, 0.1) is 16.6 Å². The second-order valence-electron chi connectivity index (χ2n) is 7.46. The first-order valence-electron chi connectivity index (χ1n) is 9.46. The van der Waals surface area contributed by atoms with Crippen LogP contribution in [0.5, 0.6) is 0 Å². The highest BCUT2D eigenvalue weighted by atomic mass is 32.2. The first kappa shape index (κ1) is 19.3. The molecule has 0 aliphatic heterocycles. The number of fused-ring (bicyclic) bond motifs is 2. The predicted octanol–water partition coefficient (Wildman–Crippen LogP) is 3.41. The van der Waals surface area contributed by atoms with E-state index in [-0.39, 0.29) is 10.8 Å². The van der Waals surface area contributed by atoms with Crippen LogP contribution in [0.1, 0.15) is 0 Å². The van der Waals surface area contributed by atoms with Crippen molar-refractivity contribution < 1.29 is 12.8 Å². The third-order valence-corrected chi connectivity index (χ3v) is 6.59. The lowest BCUT2D eigenvalue weighted by Crippen LogP contribution is -2.14. The van der Waals surface area contributed by atoms with Gasteiger partial charge in [0.15, 0.2) is 5.03 Å². The van der Waals surface area contributed by atoms with E-state index in [0.29, 0.717) is 33.2 Å². The highest BCUT2D eigenvalue weighted by molar-refractivity contribution is 7.92. The number of nitrogens with one attached hydrogen (secondary N) is 1. The number of aromatic nitrogens is 5. The summed E-state index contributed by atoms with van der Waals surface area (Å²) in [6, 6.07) is 8.08. The van der Waals surface area contributed by atoms with Crippen molar-refractivity contribution in [3.63, 3.8) is 0 Å². The average Bonchev–Trinajstić information content (AvgIpc) is 3.41. The van der Waals surface area contributed by atoms with Crippen molar-refractivity contribution in [1.29, 1.82) is 0 Å². The zero-order valence-corrected chi connectivity index (χ0v) is 17.9. The fourth-order valence-electron chi connectivity index (χ4n) is 3.82. The van der Waals surface area contributed by atoms with Crippen LogP contribution in [0.2, 0.25) is 0 Å². The number of pyridine rings is 1. The molecule has 0 radical (unpaired) electrons. The average molecular weight is 438 g/mol. The Kier molecular flexibility index (Phi) is 4.16. The molecule has 10 heteroatoms. The van der Waals surface area contributed by atoms with Gasteiger partial charge in [-0.3, -0.25) is 9.40 Å². The quantitative estimate of drug-likeness (QED) is 0.466. The van der Waals surface area contributed by atoms with Gasteiger partial charge in [-0.15, -0.1) is 0 Å². The Bertz CT molecular complexity index is 1580. The predicted molar refractivity (Wildman–Crippen MR) is 117 cm³/mol. The van der Waals surface area contributed by atoms with Crippen LogP contribution in [-0.2, 0) is 31.2 Å². The fraction of sp³-hybridized carbons (Fsp3) is 0.143. The number of halogens is 1. The maximum absolute atomic E-state index is 14.8. The summed E-state index contributed by atoms with van der Waals surface area (Å²) in [5, 5.41) is 5.01. The summed E-state index contributed by atoms with van der Waals surface area (Å²) in [7, 11) is 1.40. The van der Waals surface area contributed by atoms with Crippen LogP contribution >= 0.6 is 0 Å². The Morgan fingerprint density at radius 1 is 1.03 bits per heavy atom. The summed E-state index contributed by atoms with van der Waals surface area (Å²) < 4.78 is 48.2. The van der Waals surface area contributed by atoms with Gasteiger partial charge in [-0.1, -0.05) is 0 Å². The summed E-state index contributed by atoms with van der Waals surface area (Å²) in [5.74, 6) is -0.343. The maximum atomic E-state index is 14.8. The van der Waals surface area contributed by atoms with E-state index in [4.69, 9.17) is 0 Å². The van der Waals surface area contributed by atoms with Crippen LogP contribution in [0.15, 0.2) is 60.1 Å². The van der Waals surface area contributed by atoms with Crippen LogP contribution in [0.4, 0.5) is 10.1 Å². The molecule has 4 heterocycles. The van der Waals surface area contributed by atoms with E-state index in [9.17, 15) is 12.8 Å². The Hall–Kier alpha value is -3.66. The lowest BCUT2D eigenvalue weighted by molar-refractivity contribution is 0.593. The van der Waals surface area contributed by atoms with Crippen LogP contribution in [-0.4, -0.2) is 32.3 Å². The molecule has 0 saturated heterocycles. The van der Waals surface area contributed by atoms with Gasteiger partial charge in [-0.25, -0.2) is 9.37 Å². The van der Waals surface area contributed by atoms with Gasteiger partial charge in [0, 0.05) is 56.9 Å². The molecule has 0 bridgehead atoms. The monoisotopic (exact) mass is 438 g/mol. The van der Waals surface area contributed by atoms with E-state index in [0.717, 1.165) is 5.52 Å². The second-order valence-corrected chi connectivity index (χ2v) is 9.09. The molecule has 5 rings (SSSR count). The molecule has 1 N–H and O–H groups in total. The number of sulfonamides is 1. The lowest BCUT2D eigenvalue weighted by atomic mass is 10.0. The summed E-state index contributed by atoms with van der Waals surface area (Å²) in [4.78, 5) is 4.40. The molecule has 0 spiro atoms. The van der Waals surface area contributed by atoms with Crippen LogP contribution < -0.4 is 4.72 Å². The van der Waals surface area contributed by atoms with Crippen molar-refractivity contribution in [2.75, 3.05) is 4.72 Å². The fourth-order valence-corrected chi connectivity index (χ4v) is 4.86. The Balaban J connectivity index is 1.72. The number of hydrogen-bond donors (Lipinski definition) is 1. The van der Waals surface area contributed by atoms with Crippen LogP contribution in [0.25, 0.3) is 33.1 Å². The van der Waals surface area contributed by atoms with Crippen molar-refractivity contribution >= 4 is 37.6 Å². The van der Waals surface area contributed by atoms with Crippen molar-refractivity contribution in [1.82, 2.24) is 23.9 Å². The van der Waals surface area contributed by atoms with Crippen LogP contribution in [0, 0.1) is 5.82 Å². The van der Waals surface area contributed by atoms with E-state index in [1.807, 2.05) is 30.9 Å². The molecule has 0 atom stereocenters. The lowest BCUT2D eigenvalue weighted by Gasteiger charge is -2.10. The molecule has 1 aromatic carbocycles. The van der Waals surface area contributed by atoms with Crippen LogP contribution in [0.3, 0.4) is 0 Å². The third-order valence-electron chi connectivity index (χ3n) is 5.33. The topological polar surface area (TPSA) is 86.7 Å². The SMILES string of the molecule is Cn1ccc(S(=O)(=O)Nc2ccnc3c2c(-c2cc(F)c4ccn(C)c4c2)cn3C)n1. The highest BCUT2D eigenvalue weighted by Crippen LogP contribution is 2.37. The van der Waals surface area contributed by atoms with Crippen molar-refractivity contribution in [3.05, 3.63) is 60.9 Å². The Morgan fingerprint density at radius 2 is 1.84 bits per heavy atom. The van der Waals surface area contributed by atoms with Crippen molar-refractivity contribution in [2.45, 2.75) is 5.03 Å². The number of nitrogens with zero attached hydrogens (tertiary/aromatic N) is 5. The van der Waals surface area contributed by atoms with Gasteiger partial charge in [0.2, 0.25) is 0 Å². The summed E-state index contributed by atoms with van der Waals surface area (Å²) in [6.45, 7) is 0. The zero-order valence-electron chi connectivity index (χ0n) is 17.0. The van der Waals surface area contributed by atoms with Crippen molar-refractivity contribution in [2.24, 2.45) is 21.1 Å². The number of benzene rings is 1. The molecule has 4 aromatic heterocycles. The van der Waals surface area contributed by atoms with Gasteiger partial charge in [-0.05, 0) is 35.9 Å². The molecule has 0 saturated carbocycles. The van der Waals surface area contributed by atoms with E-state index in [2.05, 4.69) is 14.8 Å². The van der Waals surface area contributed by atoms with Gasteiger partial charge in [-0.2, -0.15) is 13.5 Å². The second kappa shape index (κ2) is 6.67. The van der Waals surface area contributed by atoms with E-state index < -0.39 is 10.0 Å². The molecule has 0 aliphatic carbocycles. The summed E-state index contributed by atoms with van der Waals surface area (Å²) >= 11 is 0. The molecule has 0 unspecified atom stereocenters. The van der Waals surface area contributed by atoms with E-state index >= 15 is 0 Å². The van der Waals surface area contributed by atoms with Gasteiger partial charge >= 0.3 is 0 Å². The first-order valence-corrected chi connectivity index (χ1v) is 10.9. The van der Waals surface area contributed by atoms with Gasteiger partial charge in [0.25, 0.3) is 10.0 Å². The summed E-state index contributed by atoms with van der Waals surface area (Å²) in [6.07, 6.45) is 6.71. The van der Waals surface area contributed by atoms with Gasteiger partial charge < -0.3 is 9.13 Å². The molecule has 8 nitrogen and oxygen atoms in total. The number of hydrogen-bond acceptors (Lipinski definition) is 4. The standard InChI is InChI=1S/C21H19FN6O2S/c1-26-8-5-14-16(22)10-13(11-18(14)26)15-12-27(2)21-20(15)17(4-7-23-21)25-31(29,30)19-6-9-28(3)24-19/h4-12H,1-3H3,(H,23,25). The smallest absolute Gasteiger partial charge is 0.281 e. The number of rotatable bonds is 4. The molecule has 0 aliphatic rings.